The SMILES string of the molecule is CC(C)NC1CC(C)(O)C1.Cl. The molecule has 1 fully saturated rings. The molecule has 68 valence electrons. The molecule has 0 saturated heterocycles. The van der Waals surface area contributed by atoms with Crippen LogP contribution in [0.15, 0.2) is 0 Å². The Morgan fingerprint density at radius 2 is 1.91 bits per heavy atom. The molecule has 0 aromatic carbocycles. The molecule has 0 aromatic heterocycles. The van der Waals surface area contributed by atoms with Crippen LogP contribution < -0.4 is 5.32 Å². The van der Waals surface area contributed by atoms with Crippen molar-refractivity contribution in [3.05, 3.63) is 0 Å². The fourth-order valence-corrected chi connectivity index (χ4v) is 1.59. The van der Waals surface area contributed by atoms with Crippen LogP contribution in [0.4, 0.5) is 0 Å². The summed E-state index contributed by atoms with van der Waals surface area (Å²) in [5.41, 5.74) is -0.382. The normalized spacial score (nSPS) is 36.3. The molecular formula is C8H18ClNO. The molecule has 0 atom stereocenters. The van der Waals surface area contributed by atoms with Gasteiger partial charge in [0, 0.05) is 12.1 Å². The third-order valence-corrected chi connectivity index (χ3v) is 1.94. The molecule has 1 rings (SSSR count). The number of hydrogen-bond acceptors (Lipinski definition) is 2. The van der Waals surface area contributed by atoms with E-state index in [2.05, 4.69) is 19.2 Å². The molecule has 1 aliphatic carbocycles. The summed E-state index contributed by atoms with van der Waals surface area (Å²) in [4.78, 5) is 0. The van der Waals surface area contributed by atoms with Crippen LogP contribution in [0, 0.1) is 0 Å². The number of halogens is 1. The van der Waals surface area contributed by atoms with E-state index >= 15 is 0 Å². The van der Waals surface area contributed by atoms with Crippen LogP contribution in [-0.4, -0.2) is 22.8 Å². The molecular weight excluding hydrogens is 162 g/mol. The summed E-state index contributed by atoms with van der Waals surface area (Å²) >= 11 is 0. The Kier molecular flexibility index (Phi) is 3.82. The van der Waals surface area contributed by atoms with Gasteiger partial charge in [0.15, 0.2) is 0 Å². The van der Waals surface area contributed by atoms with E-state index < -0.39 is 0 Å². The molecule has 2 N–H and O–H groups in total. The summed E-state index contributed by atoms with van der Waals surface area (Å²) in [6.45, 7) is 6.16. The number of aliphatic hydroxyl groups is 1. The minimum atomic E-state index is -0.382. The first-order chi connectivity index (χ1) is 4.49. The lowest BCUT2D eigenvalue weighted by atomic mass is 9.77. The fourth-order valence-electron chi connectivity index (χ4n) is 1.59. The maximum absolute atomic E-state index is 9.36. The van der Waals surface area contributed by atoms with Crippen molar-refractivity contribution in [3.8, 4) is 0 Å². The zero-order chi connectivity index (χ0) is 7.78. The van der Waals surface area contributed by atoms with Gasteiger partial charge in [0.2, 0.25) is 0 Å². The van der Waals surface area contributed by atoms with Gasteiger partial charge in [0.05, 0.1) is 5.60 Å². The molecule has 1 saturated carbocycles. The third-order valence-electron chi connectivity index (χ3n) is 1.94. The highest BCUT2D eigenvalue weighted by molar-refractivity contribution is 5.85. The predicted octanol–water partition coefficient (Wildman–Crippen LogP) is 1.32. The van der Waals surface area contributed by atoms with Crippen LogP contribution in [0.3, 0.4) is 0 Å². The Bertz CT molecular complexity index is 115. The molecule has 0 aliphatic heterocycles. The fraction of sp³-hybridized carbons (Fsp3) is 1.00. The molecule has 0 aromatic rings. The van der Waals surface area contributed by atoms with E-state index in [0.717, 1.165) is 12.8 Å². The quantitative estimate of drug-likeness (QED) is 0.670. The Balaban J connectivity index is 0.000001000. The zero-order valence-corrected chi connectivity index (χ0v) is 8.24. The standard InChI is InChI=1S/C8H17NO.ClH/c1-6(2)9-7-4-8(3,10)5-7;/h6-7,9-10H,4-5H2,1-3H3;1H. The maximum Gasteiger partial charge on any atom is 0.0649 e. The Hall–Kier alpha value is 0.210. The van der Waals surface area contributed by atoms with Crippen LogP contribution in [0.2, 0.25) is 0 Å². The van der Waals surface area contributed by atoms with Crippen molar-refractivity contribution in [3.63, 3.8) is 0 Å². The second kappa shape index (κ2) is 3.74. The van der Waals surface area contributed by atoms with Crippen molar-refractivity contribution in [2.75, 3.05) is 0 Å². The molecule has 2 nitrogen and oxygen atoms in total. The van der Waals surface area contributed by atoms with Crippen molar-refractivity contribution in [1.29, 1.82) is 0 Å². The van der Waals surface area contributed by atoms with Gasteiger partial charge in [-0.2, -0.15) is 0 Å². The van der Waals surface area contributed by atoms with Crippen LogP contribution in [0.1, 0.15) is 33.6 Å². The van der Waals surface area contributed by atoms with E-state index in [1.165, 1.54) is 0 Å². The number of hydrogen-bond donors (Lipinski definition) is 2. The summed E-state index contributed by atoms with van der Waals surface area (Å²) in [5, 5.41) is 12.7. The van der Waals surface area contributed by atoms with E-state index in [1.54, 1.807) is 0 Å². The van der Waals surface area contributed by atoms with Gasteiger partial charge in [-0.25, -0.2) is 0 Å². The lowest BCUT2D eigenvalue weighted by Crippen LogP contribution is -2.53. The van der Waals surface area contributed by atoms with Crippen molar-refractivity contribution >= 4 is 12.4 Å². The summed E-state index contributed by atoms with van der Waals surface area (Å²) in [6, 6.07) is 1.09. The van der Waals surface area contributed by atoms with E-state index in [-0.39, 0.29) is 18.0 Å². The molecule has 0 spiro atoms. The molecule has 0 radical (unpaired) electrons. The number of rotatable bonds is 2. The monoisotopic (exact) mass is 179 g/mol. The highest BCUT2D eigenvalue weighted by Crippen LogP contribution is 2.31. The molecule has 11 heavy (non-hydrogen) atoms. The van der Waals surface area contributed by atoms with Gasteiger partial charge in [-0.15, -0.1) is 12.4 Å². The largest absolute Gasteiger partial charge is 0.390 e. The third kappa shape index (κ3) is 3.41. The lowest BCUT2D eigenvalue weighted by molar-refractivity contribution is -0.0406. The first-order valence-corrected chi connectivity index (χ1v) is 3.98. The average Bonchev–Trinajstić information content (AvgIpc) is 1.57. The van der Waals surface area contributed by atoms with Crippen molar-refractivity contribution in [2.45, 2.75) is 51.3 Å². The summed E-state index contributed by atoms with van der Waals surface area (Å²) in [6.07, 6.45) is 1.82. The summed E-state index contributed by atoms with van der Waals surface area (Å²) in [7, 11) is 0. The first-order valence-electron chi connectivity index (χ1n) is 3.98. The van der Waals surface area contributed by atoms with Crippen LogP contribution in [0.25, 0.3) is 0 Å². The molecule has 3 heteroatoms. The van der Waals surface area contributed by atoms with Gasteiger partial charge in [0.25, 0.3) is 0 Å². The highest BCUT2D eigenvalue weighted by Gasteiger charge is 2.37. The van der Waals surface area contributed by atoms with Gasteiger partial charge in [-0.1, -0.05) is 13.8 Å². The Morgan fingerprint density at radius 3 is 2.18 bits per heavy atom. The zero-order valence-electron chi connectivity index (χ0n) is 7.42. The van der Waals surface area contributed by atoms with Gasteiger partial charge < -0.3 is 10.4 Å². The molecule has 0 heterocycles. The van der Waals surface area contributed by atoms with Crippen LogP contribution in [0.5, 0.6) is 0 Å². The second-order valence-corrected chi connectivity index (χ2v) is 3.92. The Morgan fingerprint density at radius 1 is 1.45 bits per heavy atom. The predicted molar refractivity (Wildman–Crippen MR) is 49.2 cm³/mol. The van der Waals surface area contributed by atoms with Gasteiger partial charge in [0.1, 0.15) is 0 Å². The van der Waals surface area contributed by atoms with E-state index in [9.17, 15) is 5.11 Å². The highest BCUT2D eigenvalue weighted by atomic mass is 35.5. The lowest BCUT2D eigenvalue weighted by Gasteiger charge is -2.42. The van der Waals surface area contributed by atoms with Gasteiger partial charge in [-0.05, 0) is 19.8 Å². The molecule has 0 unspecified atom stereocenters. The smallest absolute Gasteiger partial charge is 0.0649 e. The van der Waals surface area contributed by atoms with Crippen molar-refractivity contribution < 1.29 is 5.11 Å². The minimum absolute atomic E-state index is 0. The van der Waals surface area contributed by atoms with Crippen molar-refractivity contribution in [2.24, 2.45) is 0 Å². The van der Waals surface area contributed by atoms with Gasteiger partial charge >= 0.3 is 0 Å². The summed E-state index contributed by atoms with van der Waals surface area (Å²) in [5.74, 6) is 0. The topological polar surface area (TPSA) is 32.3 Å². The van der Waals surface area contributed by atoms with E-state index in [0.29, 0.717) is 12.1 Å². The van der Waals surface area contributed by atoms with Gasteiger partial charge in [-0.3, -0.25) is 0 Å². The second-order valence-electron chi connectivity index (χ2n) is 3.92. The van der Waals surface area contributed by atoms with Crippen molar-refractivity contribution in [1.82, 2.24) is 5.32 Å². The molecule has 1 aliphatic rings. The van der Waals surface area contributed by atoms with Crippen LogP contribution >= 0.6 is 12.4 Å². The average molecular weight is 180 g/mol. The van der Waals surface area contributed by atoms with E-state index in [1.807, 2.05) is 6.92 Å². The van der Waals surface area contributed by atoms with E-state index in [4.69, 9.17) is 0 Å². The first kappa shape index (κ1) is 11.2. The molecule has 0 amide bonds. The minimum Gasteiger partial charge on any atom is -0.390 e. The Labute approximate surface area is 74.8 Å². The molecule has 0 bridgehead atoms. The number of nitrogens with one attached hydrogen (secondary N) is 1. The summed E-state index contributed by atoms with van der Waals surface area (Å²) < 4.78 is 0. The van der Waals surface area contributed by atoms with Crippen LogP contribution in [-0.2, 0) is 0 Å². The maximum atomic E-state index is 9.36.